The molecular formula is C16H13ClN4. The Kier molecular flexibility index (Phi) is 3.59. The summed E-state index contributed by atoms with van der Waals surface area (Å²) in [7, 11) is 0. The Morgan fingerprint density at radius 3 is 2.71 bits per heavy atom. The van der Waals surface area contributed by atoms with E-state index < -0.39 is 0 Å². The zero-order valence-electron chi connectivity index (χ0n) is 11.5. The van der Waals surface area contributed by atoms with Gasteiger partial charge in [0.1, 0.15) is 17.4 Å². The van der Waals surface area contributed by atoms with Crippen LogP contribution in [0, 0.1) is 11.3 Å². The molecule has 0 aliphatic rings. The molecule has 3 aromatic rings. The number of benzene rings is 1. The molecular weight excluding hydrogens is 284 g/mol. The number of nitriles is 1. The molecule has 1 unspecified atom stereocenters. The van der Waals surface area contributed by atoms with Gasteiger partial charge < -0.3 is 4.57 Å². The Morgan fingerprint density at radius 1 is 1.29 bits per heavy atom. The summed E-state index contributed by atoms with van der Waals surface area (Å²) in [6.07, 6.45) is 3.53. The molecule has 0 spiro atoms. The van der Waals surface area contributed by atoms with E-state index in [1.54, 1.807) is 18.5 Å². The lowest BCUT2D eigenvalue weighted by atomic mass is 10.2. The highest BCUT2D eigenvalue weighted by atomic mass is 35.5. The quantitative estimate of drug-likeness (QED) is 0.693. The maximum absolute atomic E-state index is 9.22. The lowest BCUT2D eigenvalue weighted by molar-refractivity contribution is 0.742. The predicted octanol–water partition coefficient (Wildman–Crippen LogP) is 3.65. The number of para-hydroxylation sites is 1. The fourth-order valence-electron chi connectivity index (χ4n) is 2.40. The fraction of sp³-hybridized carbons (Fsp3) is 0.188. The number of halogens is 1. The van der Waals surface area contributed by atoms with Gasteiger partial charge in [-0.2, -0.15) is 5.26 Å². The highest BCUT2D eigenvalue weighted by Crippen LogP contribution is 2.27. The van der Waals surface area contributed by atoms with Crippen molar-refractivity contribution in [3.05, 3.63) is 59.7 Å². The van der Waals surface area contributed by atoms with Gasteiger partial charge in [0.25, 0.3) is 0 Å². The van der Waals surface area contributed by atoms with Crippen LogP contribution in [0.5, 0.6) is 0 Å². The van der Waals surface area contributed by atoms with Crippen molar-refractivity contribution in [3.63, 3.8) is 0 Å². The normalized spacial score (nSPS) is 12.2. The van der Waals surface area contributed by atoms with E-state index in [0.29, 0.717) is 17.6 Å². The topological polar surface area (TPSA) is 54.5 Å². The summed E-state index contributed by atoms with van der Waals surface area (Å²) in [6, 6.07) is 11.7. The van der Waals surface area contributed by atoms with Gasteiger partial charge in [0.05, 0.1) is 16.5 Å². The zero-order valence-corrected chi connectivity index (χ0v) is 12.2. The maximum Gasteiger partial charge on any atom is 0.128 e. The van der Waals surface area contributed by atoms with Crippen LogP contribution in [0.4, 0.5) is 0 Å². The van der Waals surface area contributed by atoms with Crippen molar-refractivity contribution in [2.24, 2.45) is 0 Å². The van der Waals surface area contributed by atoms with Crippen molar-refractivity contribution in [3.8, 4) is 6.07 Å². The summed E-state index contributed by atoms with van der Waals surface area (Å²) >= 11 is 6.26. The van der Waals surface area contributed by atoms with Crippen molar-refractivity contribution < 1.29 is 0 Å². The van der Waals surface area contributed by atoms with Gasteiger partial charge >= 0.3 is 0 Å². The Labute approximate surface area is 127 Å². The monoisotopic (exact) mass is 296 g/mol. The van der Waals surface area contributed by atoms with Crippen molar-refractivity contribution in [2.45, 2.75) is 18.8 Å². The SMILES string of the molecule is CC(Cl)c1nc2c(C#N)cccc2n1Cc1ccncc1. The first-order valence-electron chi connectivity index (χ1n) is 6.63. The maximum atomic E-state index is 9.22. The highest BCUT2D eigenvalue weighted by Gasteiger charge is 2.17. The second-order valence-electron chi connectivity index (χ2n) is 4.81. The molecule has 0 N–H and O–H groups in total. The summed E-state index contributed by atoms with van der Waals surface area (Å²) < 4.78 is 2.06. The van der Waals surface area contributed by atoms with Gasteiger partial charge in [0, 0.05) is 18.9 Å². The number of fused-ring (bicyclic) bond motifs is 1. The zero-order chi connectivity index (χ0) is 14.8. The number of alkyl halides is 1. The van der Waals surface area contributed by atoms with Gasteiger partial charge in [-0.3, -0.25) is 4.98 Å². The lowest BCUT2D eigenvalue weighted by Crippen LogP contribution is -2.05. The molecule has 0 fully saturated rings. The Hall–Kier alpha value is -2.38. The summed E-state index contributed by atoms with van der Waals surface area (Å²) in [6.45, 7) is 2.54. The van der Waals surface area contributed by atoms with E-state index in [1.165, 1.54) is 0 Å². The summed E-state index contributed by atoms with van der Waals surface area (Å²) in [5, 5.41) is 8.99. The van der Waals surface area contributed by atoms with Crippen molar-refractivity contribution in [1.82, 2.24) is 14.5 Å². The van der Waals surface area contributed by atoms with E-state index in [2.05, 4.69) is 20.6 Å². The van der Waals surface area contributed by atoms with Crippen molar-refractivity contribution in [2.75, 3.05) is 0 Å². The van der Waals surface area contributed by atoms with E-state index in [9.17, 15) is 5.26 Å². The van der Waals surface area contributed by atoms with Crippen molar-refractivity contribution >= 4 is 22.6 Å². The molecule has 1 atom stereocenters. The first-order valence-corrected chi connectivity index (χ1v) is 7.06. The third-order valence-electron chi connectivity index (χ3n) is 3.37. The second-order valence-corrected chi connectivity index (χ2v) is 5.47. The molecule has 0 bridgehead atoms. The molecule has 0 saturated carbocycles. The van der Waals surface area contributed by atoms with E-state index in [-0.39, 0.29) is 5.38 Å². The Balaban J connectivity index is 2.20. The standard InChI is InChI=1S/C16H13ClN4/c1-11(17)16-20-15-13(9-18)3-2-4-14(15)21(16)10-12-5-7-19-8-6-12/h2-8,11H,10H2,1H3. The first kappa shape index (κ1) is 13.6. The third-order valence-corrected chi connectivity index (χ3v) is 3.57. The van der Waals surface area contributed by atoms with Gasteiger partial charge in [0.2, 0.25) is 0 Å². The van der Waals surface area contributed by atoms with E-state index in [4.69, 9.17) is 11.6 Å². The Bertz CT molecular complexity index is 815. The minimum Gasteiger partial charge on any atom is -0.322 e. The minimum atomic E-state index is -0.231. The lowest BCUT2D eigenvalue weighted by Gasteiger charge is -2.10. The van der Waals surface area contributed by atoms with Gasteiger partial charge in [-0.05, 0) is 36.8 Å². The van der Waals surface area contributed by atoms with Crippen molar-refractivity contribution in [1.29, 1.82) is 5.26 Å². The fourth-order valence-corrected chi connectivity index (χ4v) is 2.56. The smallest absolute Gasteiger partial charge is 0.128 e. The van der Waals surface area contributed by atoms with E-state index in [1.807, 2.05) is 31.2 Å². The van der Waals surface area contributed by atoms with Crippen LogP contribution in [0.25, 0.3) is 11.0 Å². The molecule has 0 aliphatic heterocycles. The van der Waals surface area contributed by atoms with E-state index >= 15 is 0 Å². The number of aromatic nitrogens is 3. The summed E-state index contributed by atoms with van der Waals surface area (Å²) in [5.41, 5.74) is 3.31. The van der Waals surface area contributed by atoms with Crippen LogP contribution in [0.1, 0.15) is 29.3 Å². The number of hydrogen-bond donors (Lipinski definition) is 0. The van der Waals surface area contributed by atoms with Gasteiger partial charge in [-0.25, -0.2) is 4.98 Å². The molecule has 2 aromatic heterocycles. The van der Waals surface area contributed by atoms with Crippen LogP contribution < -0.4 is 0 Å². The average Bonchev–Trinajstić information content (AvgIpc) is 2.87. The van der Waals surface area contributed by atoms with Gasteiger partial charge in [-0.1, -0.05) is 6.07 Å². The highest BCUT2D eigenvalue weighted by molar-refractivity contribution is 6.20. The molecule has 3 rings (SSSR count). The molecule has 4 nitrogen and oxygen atoms in total. The van der Waals surface area contributed by atoms with Crippen LogP contribution in [0.3, 0.4) is 0 Å². The number of rotatable bonds is 3. The van der Waals surface area contributed by atoms with Crippen LogP contribution in [0.2, 0.25) is 0 Å². The molecule has 0 radical (unpaired) electrons. The number of pyridine rings is 1. The van der Waals surface area contributed by atoms with E-state index in [0.717, 1.165) is 16.9 Å². The van der Waals surface area contributed by atoms with Crippen LogP contribution in [-0.4, -0.2) is 14.5 Å². The first-order chi connectivity index (χ1) is 10.2. The molecule has 0 amide bonds. The molecule has 1 aromatic carbocycles. The molecule has 2 heterocycles. The molecule has 5 heteroatoms. The van der Waals surface area contributed by atoms with Crippen LogP contribution >= 0.6 is 11.6 Å². The summed E-state index contributed by atoms with van der Waals surface area (Å²) in [5.74, 6) is 0.770. The molecule has 0 aliphatic carbocycles. The molecule has 21 heavy (non-hydrogen) atoms. The summed E-state index contributed by atoms with van der Waals surface area (Å²) in [4.78, 5) is 8.60. The number of hydrogen-bond acceptors (Lipinski definition) is 3. The third kappa shape index (κ3) is 2.48. The predicted molar refractivity (Wildman–Crippen MR) is 82.1 cm³/mol. The van der Waals surface area contributed by atoms with Crippen LogP contribution in [-0.2, 0) is 6.54 Å². The number of imidazole rings is 1. The molecule has 104 valence electrons. The minimum absolute atomic E-state index is 0.231. The Morgan fingerprint density at radius 2 is 2.05 bits per heavy atom. The average molecular weight is 297 g/mol. The van der Waals surface area contributed by atoms with Gasteiger partial charge in [0.15, 0.2) is 0 Å². The van der Waals surface area contributed by atoms with Gasteiger partial charge in [-0.15, -0.1) is 11.6 Å². The van der Waals surface area contributed by atoms with Crippen LogP contribution in [0.15, 0.2) is 42.7 Å². The largest absolute Gasteiger partial charge is 0.322 e. The number of nitrogens with zero attached hydrogens (tertiary/aromatic N) is 4. The second kappa shape index (κ2) is 5.55. The molecule has 0 saturated heterocycles.